The van der Waals surface area contributed by atoms with Crippen molar-refractivity contribution in [1.82, 2.24) is 0 Å². The molecule has 2 aromatic rings. The zero-order valence-electron chi connectivity index (χ0n) is 7.45. The summed E-state index contributed by atoms with van der Waals surface area (Å²) in [5.41, 5.74) is 7.96. The van der Waals surface area contributed by atoms with Crippen molar-refractivity contribution in [3.8, 4) is 0 Å². The van der Waals surface area contributed by atoms with Crippen molar-refractivity contribution < 1.29 is 0 Å². The van der Waals surface area contributed by atoms with Gasteiger partial charge in [0.15, 0.2) is 0 Å². The van der Waals surface area contributed by atoms with Crippen LogP contribution in [0, 0.1) is 6.92 Å². The van der Waals surface area contributed by atoms with Gasteiger partial charge in [-0.15, -0.1) is 12.4 Å². The van der Waals surface area contributed by atoms with Crippen molar-refractivity contribution in [2.75, 3.05) is 5.73 Å². The Hall–Kier alpha value is -1.21. The van der Waals surface area contributed by atoms with Crippen LogP contribution >= 0.6 is 12.4 Å². The minimum atomic E-state index is 0. The van der Waals surface area contributed by atoms with E-state index in [0.717, 1.165) is 5.69 Å². The zero-order chi connectivity index (χ0) is 8.55. The molecule has 0 bridgehead atoms. The van der Waals surface area contributed by atoms with Gasteiger partial charge in [0.1, 0.15) is 0 Å². The van der Waals surface area contributed by atoms with E-state index >= 15 is 0 Å². The lowest BCUT2D eigenvalue weighted by Crippen LogP contribution is -1.88. The number of hydrogen-bond donors (Lipinski definition) is 1. The second-order valence-electron chi connectivity index (χ2n) is 3.02. The molecule has 1 nitrogen and oxygen atoms in total. The third-order valence-electron chi connectivity index (χ3n) is 2.15. The maximum Gasteiger partial charge on any atom is 0.0396 e. The lowest BCUT2D eigenvalue weighted by molar-refractivity contribution is 1.53. The molecule has 2 rings (SSSR count). The van der Waals surface area contributed by atoms with Crippen LogP contribution in [-0.2, 0) is 0 Å². The van der Waals surface area contributed by atoms with E-state index in [1.807, 2.05) is 12.1 Å². The lowest BCUT2D eigenvalue weighted by Gasteiger charge is -2.03. The second kappa shape index (κ2) is 3.67. The number of hydrogen-bond acceptors (Lipinski definition) is 1. The number of aryl methyl sites for hydroxylation is 1. The van der Waals surface area contributed by atoms with Gasteiger partial charge >= 0.3 is 0 Å². The number of halogens is 1. The molecule has 0 aliphatic rings. The molecule has 0 saturated heterocycles. The van der Waals surface area contributed by atoms with E-state index in [9.17, 15) is 0 Å². The van der Waals surface area contributed by atoms with Crippen LogP contribution in [0.25, 0.3) is 10.8 Å². The van der Waals surface area contributed by atoms with E-state index in [-0.39, 0.29) is 12.4 Å². The van der Waals surface area contributed by atoms with Gasteiger partial charge in [0.25, 0.3) is 0 Å². The van der Waals surface area contributed by atoms with Crippen molar-refractivity contribution in [3.05, 3.63) is 42.0 Å². The second-order valence-corrected chi connectivity index (χ2v) is 3.02. The van der Waals surface area contributed by atoms with Gasteiger partial charge in [-0.05, 0) is 23.9 Å². The van der Waals surface area contributed by atoms with Gasteiger partial charge in [-0.25, -0.2) is 0 Å². The van der Waals surface area contributed by atoms with E-state index < -0.39 is 0 Å². The molecule has 0 amide bonds. The highest BCUT2D eigenvalue weighted by Gasteiger charge is 1.98. The Bertz CT molecular complexity index is 387. The number of rotatable bonds is 0. The highest BCUT2D eigenvalue weighted by Crippen LogP contribution is 2.23. The topological polar surface area (TPSA) is 26.0 Å². The van der Waals surface area contributed by atoms with Gasteiger partial charge in [-0.2, -0.15) is 0 Å². The van der Waals surface area contributed by atoms with Crippen LogP contribution < -0.4 is 5.73 Å². The van der Waals surface area contributed by atoms with E-state index in [2.05, 4.69) is 31.2 Å². The highest BCUT2D eigenvalue weighted by atomic mass is 35.5. The molecule has 0 aliphatic carbocycles. The van der Waals surface area contributed by atoms with E-state index in [1.54, 1.807) is 0 Å². The number of nitrogen functional groups attached to an aromatic ring is 1. The molecule has 0 saturated carbocycles. The van der Waals surface area contributed by atoms with Crippen LogP contribution in [0.3, 0.4) is 0 Å². The summed E-state index contributed by atoms with van der Waals surface area (Å²) < 4.78 is 0. The van der Waals surface area contributed by atoms with Crippen LogP contribution in [0.5, 0.6) is 0 Å². The molecule has 0 aromatic heterocycles. The molecule has 2 N–H and O–H groups in total. The molecule has 0 aliphatic heterocycles. The van der Waals surface area contributed by atoms with Crippen LogP contribution in [-0.4, -0.2) is 0 Å². The molecular formula is C11H12ClN. The largest absolute Gasteiger partial charge is 0.398 e. The summed E-state index contributed by atoms with van der Waals surface area (Å²) in [4.78, 5) is 0. The maximum absolute atomic E-state index is 5.86. The van der Waals surface area contributed by atoms with Crippen LogP contribution in [0.4, 0.5) is 5.69 Å². The summed E-state index contributed by atoms with van der Waals surface area (Å²) in [7, 11) is 0. The predicted octanol–water partition coefficient (Wildman–Crippen LogP) is 3.15. The summed E-state index contributed by atoms with van der Waals surface area (Å²) in [6.07, 6.45) is 0. The number of fused-ring (bicyclic) bond motifs is 1. The standard InChI is InChI=1S/C11H11N.ClH/c1-8-4-2-5-9-6-3-7-10(12)11(8)9;/h2-7H,12H2,1H3;1H. The van der Waals surface area contributed by atoms with Crippen molar-refractivity contribution in [3.63, 3.8) is 0 Å². The normalized spacial score (nSPS) is 9.62. The lowest BCUT2D eigenvalue weighted by atomic mass is 10.0. The number of anilines is 1. The SMILES string of the molecule is Cc1cccc2cccc(N)c12.Cl. The van der Waals surface area contributed by atoms with Crippen molar-refractivity contribution in [2.45, 2.75) is 6.92 Å². The first-order valence-corrected chi connectivity index (χ1v) is 4.03. The Morgan fingerprint density at radius 1 is 1.00 bits per heavy atom. The van der Waals surface area contributed by atoms with E-state index in [0.29, 0.717) is 0 Å². The summed E-state index contributed by atoms with van der Waals surface area (Å²) in [5, 5.41) is 2.40. The third-order valence-corrected chi connectivity index (χ3v) is 2.15. The molecule has 0 heterocycles. The van der Waals surface area contributed by atoms with E-state index in [1.165, 1.54) is 16.3 Å². The molecule has 0 radical (unpaired) electrons. The molecule has 13 heavy (non-hydrogen) atoms. The van der Waals surface area contributed by atoms with Gasteiger partial charge in [0.2, 0.25) is 0 Å². The molecule has 0 unspecified atom stereocenters. The van der Waals surface area contributed by atoms with Gasteiger partial charge < -0.3 is 5.73 Å². The monoisotopic (exact) mass is 193 g/mol. The first kappa shape index (κ1) is 9.87. The predicted molar refractivity (Wildman–Crippen MR) is 60.3 cm³/mol. The average Bonchev–Trinajstić information content (AvgIpc) is 2.04. The smallest absolute Gasteiger partial charge is 0.0396 e. The molecule has 68 valence electrons. The zero-order valence-corrected chi connectivity index (χ0v) is 8.27. The minimum Gasteiger partial charge on any atom is -0.398 e. The van der Waals surface area contributed by atoms with Crippen LogP contribution in [0.1, 0.15) is 5.56 Å². The fourth-order valence-electron chi connectivity index (χ4n) is 1.56. The molecule has 0 spiro atoms. The summed E-state index contributed by atoms with van der Waals surface area (Å²) >= 11 is 0. The number of benzene rings is 2. The van der Waals surface area contributed by atoms with Gasteiger partial charge in [0, 0.05) is 11.1 Å². The quantitative estimate of drug-likeness (QED) is 0.640. The maximum atomic E-state index is 5.86. The van der Waals surface area contributed by atoms with Gasteiger partial charge in [-0.3, -0.25) is 0 Å². The Morgan fingerprint density at radius 2 is 1.62 bits per heavy atom. The summed E-state index contributed by atoms with van der Waals surface area (Å²) in [5.74, 6) is 0. The molecule has 0 atom stereocenters. The van der Waals surface area contributed by atoms with Crippen molar-refractivity contribution in [2.24, 2.45) is 0 Å². The fraction of sp³-hybridized carbons (Fsp3) is 0.0909. The summed E-state index contributed by atoms with van der Waals surface area (Å²) in [6.45, 7) is 2.08. The van der Waals surface area contributed by atoms with Crippen molar-refractivity contribution in [1.29, 1.82) is 0 Å². The van der Waals surface area contributed by atoms with E-state index in [4.69, 9.17) is 5.73 Å². The van der Waals surface area contributed by atoms with Gasteiger partial charge in [-0.1, -0.05) is 30.3 Å². The Labute approximate surface area is 84.0 Å². The average molecular weight is 194 g/mol. The number of nitrogens with two attached hydrogens (primary N) is 1. The van der Waals surface area contributed by atoms with Crippen LogP contribution in [0.15, 0.2) is 36.4 Å². The van der Waals surface area contributed by atoms with Gasteiger partial charge in [0.05, 0.1) is 0 Å². The van der Waals surface area contributed by atoms with Crippen LogP contribution in [0.2, 0.25) is 0 Å². The fourth-order valence-corrected chi connectivity index (χ4v) is 1.56. The summed E-state index contributed by atoms with van der Waals surface area (Å²) in [6, 6.07) is 12.2. The highest BCUT2D eigenvalue weighted by molar-refractivity contribution is 5.95. The first-order valence-electron chi connectivity index (χ1n) is 4.03. The molecule has 2 heteroatoms. The Kier molecular flexibility index (Phi) is 2.79. The molecule has 0 fully saturated rings. The minimum absolute atomic E-state index is 0. The van der Waals surface area contributed by atoms with Crippen molar-refractivity contribution >= 4 is 28.9 Å². The molecule has 2 aromatic carbocycles. The first-order chi connectivity index (χ1) is 5.79. The Morgan fingerprint density at radius 3 is 2.23 bits per heavy atom. The third kappa shape index (κ3) is 1.61. The molecular weight excluding hydrogens is 182 g/mol. The Balaban J connectivity index is 0.000000845.